The number of aryl methyl sites for hydroxylation is 1. The molecule has 2 rings (SSSR count). The summed E-state index contributed by atoms with van der Waals surface area (Å²) in [5.41, 5.74) is 3.26. The van der Waals surface area contributed by atoms with Crippen LogP contribution >= 0.6 is 0 Å². The number of benzene rings is 2. The molecular formula is C15H18O. The van der Waals surface area contributed by atoms with E-state index in [-0.39, 0.29) is 0 Å². The van der Waals surface area contributed by atoms with Crippen LogP contribution in [-0.2, 0) is 0 Å². The van der Waals surface area contributed by atoms with E-state index in [1.54, 1.807) is 12.1 Å². The van der Waals surface area contributed by atoms with Crippen LogP contribution in [0.2, 0.25) is 0 Å². The molecule has 0 aliphatic carbocycles. The number of phenols is 1. The van der Waals surface area contributed by atoms with E-state index in [1.807, 2.05) is 51.1 Å². The second-order valence-corrected chi connectivity index (χ2v) is 3.42. The lowest BCUT2D eigenvalue weighted by Crippen LogP contribution is -1.79. The molecule has 1 nitrogen and oxygen atoms in total. The zero-order valence-corrected chi connectivity index (χ0v) is 10.1. The number of phenolic OH excluding ortho intramolecular Hbond substituents is 1. The summed E-state index contributed by atoms with van der Waals surface area (Å²) in [4.78, 5) is 0. The highest BCUT2D eigenvalue weighted by Gasteiger charge is 1.99. The van der Waals surface area contributed by atoms with Gasteiger partial charge in [-0.2, -0.15) is 0 Å². The molecule has 0 saturated carbocycles. The van der Waals surface area contributed by atoms with E-state index in [9.17, 15) is 5.11 Å². The van der Waals surface area contributed by atoms with Gasteiger partial charge in [-0.1, -0.05) is 50.2 Å². The van der Waals surface area contributed by atoms with Crippen LogP contribution in [0.5, 0.6) is 5.75 Å². The Hall–Kier alpha value is -1.76. The number of hydrogen-bond donors (Lipinski definition) is 1. The second-order valence-electron chi connectivity index (χ2n) is 3.42. The van der Waals surface area contributed by atoms with Gasteiger partial charge in [-0.15, -0.1) is 0 Å². The van der Waals surface area contributed by atoms with Crippen molar-refractivity contribution in [1.29, 1.82) is 0 Å². The quantitative estimate of drug-likeness (QED) is 0.746. The SMILES string of the molecule is CC.Cc1cc(O)cc(-c2ccccc2)c1. The van der Waals surface area contributed by atoms with Crippen molar-refractivity contribution in [1.82, 2.24) is 0 Å². The molecule has 0 heterocycles. The van der Waals surface area contributed by atoms with Crippen LogP contribution in [0.3, 0.4) is 0 Å². The molecule has 0 bridgehead atoms. The van der Waals surface area contributed by atoms with E-state index in [0.29, 0.717) is 5.75 Å². The molecule has 1 heteroatoms. The molecule has 0 aliphatic rings. The second kappa shape index (κ2) is 5.96. The van der Waals surface area contributed by atoms with Crippen molar-refractivity contribution in [2.75, 3.05) is 0 Å². The van der Waals surface area contributed by atoms with Crippen LogP contribution in [0.25, 0.3) is 11.1 Å². The van der Waals surface area contributed by atoms with Gasteiger partial charge in [0.15, 0.2) is 0 Å². The largest absolute Gasteiger partial charge is 0.508 e. The van der Waals surface area contributed by atoms with Gasteiger partial charge in [0.05, 0.1) is 0 Å². The molecule has 16 heavy (non-hydrogen) atoms. The fourth-order valence-corrected chi connectivity index (χ4v) is 1.56. The average Bonchev–Trinajstić information content (AvgIpc) is 2.32. The Morgan fingerprint density at radius 2 is 1.44 bits per heavy atom. The minimum absolute atomic E-state index is 0.323. The summed E-state index contributed by atoms with van der Waals surface area (Å²) >= 11 is 0. The van der Waals surface area contributed by atoms with Crippen LogP contribution in [0.1, 0.15) is 19.4 Å². The highest BCUT2D eigenvalue weighted by molar-refractivity contribution is 5.65. The van der Waals surface area contributed by atoms with Crippen LogP contribution in [0.15, 0.2) is 48.5 Å². The first kappa shape index (κ1) is 12.3. The maximum atomic E-state index is 9.46. The van der Waals surface area contributed by atoms with Crippen LogP contribution in [-0.4, -0.2) is 5.11 Å². The highest BCUT2D eigenvalue weighted by Crippen LogP contribution is 2.24. The molecule has 0 unspecified atom stereocenters. The lowest BCUT2D eigenvalue weighted by atomic mass is 10.0. The van der Waals surface area contributed by atoms with Crippen molar-refractivity contribution in [3.8, 4) is 16.9 Å². The van der Waals surface area contributed by atoms with Crippen molar-refractivity contribution in [3.63, 3.8) is 0 Å². The van der Waals surface area contributed by atoms with Crippen LogP contribution < -0.4 is 0 Å². The Morgan fingerprint density at radius 3 is 2.00 bits per heavy atom. The number of hydrogen-bond acceptors (Lipinski definition) is 1. The van der Waals surface area contributed by atoms with Gasteiger partial charge in [-0.3, -0.25) is 0 Å². The van der Waals surface area contributed by atoms with E-state index in [2.05, 4.69) is 6.07 Å². The monoisotopic (exact) mass is 214 g/mol. The molecule has 0 fully saturated rings. The molecule has 1 N–H and O–H groups in total. The first-order chi connectivity index (χ1) is 7.75. The summed E-state index contributed by atoms with van der Waals surface area (Å²) in [6, 6.07) is 15.6. The first-order valence-corrected chi connectivity index (χ1v) is 5.62. The third-order valence-corrected chi connectivity index (χ3v) is 2.17. The van der Waals surface area contributed by atoms with Gasteiger partial charge in [0, 0.05) is 0 Å². The molecule has 0 amide bonds. The first-order valence-electron chi connectivity index (χ1n) is 5.62. The molecule has 0 aromatic heterocycles. The van der Waals surface area contributed by atoms with Crippen LogP contribution in [0, 0.1) is 6.92 Å². The minimum Gasteiger partial charge on any atom is -0.508 e. The third-order valence-electron chi connectivity index (χ3n) is 2.17. The summed E-state index contributed by atoms with van der Waals surface area (Å²) in [6.07, 6.45) is 0. The van der Waals surface area contributed by atoms with E-state index in [1.165, 1.54) is 0 Å². The fourth-order valence-electron chi connectivity index (χ4n) is 1.56. The minimum atomic E-state index is 0.323. The summed E-state index contributed by atoms with van der Waals surface area (Å²) in [6.45, 7) is 5.98. The Bertz CT molecular complexity index is 412. The van der Waals surface area contributed by atoms with E-state index >= 15 is 0 Å². The van der Waals surface area contributed by atoms with E-state index in [4.69, 9.17) is 0 Å². The van der Waals surface area contributed by atoms with Gasteiger partial charge in [-0.05, 0) is 35.7 Å². The Balaban J connectivity index is 0.000000606. The molecule has 84 valence electrons. The molecular weight excluding hydrogens is 196 g/mol. The Labute approximate surface area is 97.4 Å². The fraction of sp³-hybridized carbons (Fsp3) is 0.200. The zero-order chi connectivity index (χ0) is 12.0. The van der Waals surface area contributed by atoms with Gasteiger partial charge in [0.25, 0.3) is 0 Å². The average molecular weight is 214 g/mol. The molecule has 0 radical (unpaired) electrons. The van der Waals surface area contributed by atoms with E-state index < -0.39 is 0 Å². The van der Waals surface area contributed by atoms with Crippen molar-refractivity contribution in [3.05, 3.63) is 54.1 Å². The standard InChI is InChI=1S/C13H12O.C2H6/c1-10-7-12(9-13(14)8-10)11-5-3-2-4-6-11;1-2/h2-9,14H,1H3;1-2H3. The smallest absolute Gasteiger partial charge is 0.116 e. The number of rotatable bonds is 1. The van der Waals surface area contributed by atoms with Gasteiger partial charge >= 0.3 is 0 Å². The molecule has 0 aliphatic heterocycles. The molecule has 0 saturated heterocycles. The normalized spacial score (nSPS) is 9.19. The van der Waals surface area contributed by atoms with Gasteiger partial charge < -0.3 is 5.11 Å². The molecule has 2 aromatic rings. The topological polar surface area (TPSA) is 20.2 Å². The van der Waals surface area contributed by atoms with Crippen molar-refractivity contribution in [2.45, 2.75) is 20.8 Å². The lowest BCUT2D eigenvalue weighted by Gasteiger charge is -2.03. The van der Waals surface area contributed by atoms with Gasteiger partial charge in [-0.25, -0.2) is 0 Å². The molecule has 0 atom stereocenters. The lowest BCUT2D eigenvalue weighted by molar-refractivity contribution is 0.475. The van der Waals surface area contributed by atoms with E-state index in [0.717, 1.165) is 16.7 Å². The molecule has 2 aromatic carbocycles. The van der Waals surface area contributed by atoms with Gasteiger partial charge in [0.1, 0.15) is 5.75 Å². The summed E-state index contributed by atoms with van der Waals surface area (Å²) < 4.78 is 0. The summed E-state index contributed by atoms with van der Waals surface area (Å²) in [5, 5.41) is 9.46. The predicted molar refractivity (Wildman–Crippen MR) is 69.6 cm³/mol. The number of aromatic hydroxyl groups is 1. The van der Waals surface area contributed by atoms with Crippen LogP contribution in [0.4, 0.5) is 0 Å². The summed E-state index contributed by atoms with van der Waals surface area (Å²) in [7, 11) is 0. The molecule has 0 spiro atoms. The maximum Gasteiger partial charge on any atom is 0.116 e. The Kier molecular flexibility index (Phi) is 4.59. The maximum absolute atomic E-state index is 9.46. The third kappa shape index (κ3) is 3.13. The van der Waals surface area contributed by atoms with Crippen molar-refractivity contribution in [2.24, 2.45) is 0 Å². The summed E-state index contributed by atoms with van der Waals surface area (Å²) in [5.74, 6) is 0.323. The predicted octanol–water partition coefficient (Wildman–Crippen LogP) is 4.39. The highest BCUT2D eigenvalue weighted by atomic mass is 16.3. The Morgan fingerprint density at radius 1 is 0.812 bits per heavy atom. The van der Waals surface area contributed by atoms with Crippen molar-refractivity contribution >= 4 is 0 Å². The van der Waals surface area contributed by atoms with Crippen molar-refractivity contribution < 1.29 is 5.11 Å². The zero-order valence-electron chi connectivity index (χ0n) is 10.1. The van der Waals surface area contributed by atoms with Gasteiger partial charge in [0.2, 0.25) is 0 Å².